The van der Waals surface area contributed by atoms with E-state index < -0.39 is 0 Å². The van der Waals surface area contributed by atoms with Gasteiger partial charge in [0.2, 0.25) is 5.91 Å². The molecule has 2 aliphatic heterocycles. The number of thioether (sulfide) groups is 1. The number of hydrogen-bond donors (Lipinski definition) is 1. The van der Waals surface area contributed by atoms with Crippen molar-refractivity contribution in [3.8, 4) is 0 Å². The molecule has 1 atom stereocenters. The molecule has 3 heterocycles. The van der Waals surface area contributed by atoms with E-state index in [1.165, 1.54) is 44.0 Å². The summed E-state index contributed by atoms with van der Waals surface area (Å²) in [7, 11) is 0. The summed E-state index contributed by atoms with van der Waals surface area (Å²) in [6, 6.07) is 6.48. The fourth-order valence-corrected chi connectivity index (χ4v) is 4.90. The molecule has 1 aromatic heterocycles. The number of amides is 1. The van der Waals surface area contributed by atoms with Crippen LogP contribution in [0.25, 0.3) is 0 Å². The average molecular weight is 391 g/mol. The minimum atomic E-state index is 0.126. The highest BCUT2D eigenvalue weighted by atomic mass is 32.2. The minimum absolute atomic E-state index is 0.126. The van der Waals surface area contributed by atoms with Gasteiger partial charge in [-0.2, -0.15) is 11.8 Å². The monoisotopic (exact) mass is 390 g/mol. The molecule has 2 fully saturated rings. The normalized spacial score (nSPS) is 22.6. The molecule has 5 nitrogen and oxygen atoms in total. The topological polar surface area (TPSA) is 48.5 Å². The van der Waals surface area contributed by atoms with Gasteiger partial charge in [-0.3, -0.25) is 14.7 Å². The van der Waals surface area contributed by atoms with Crippen LogP contribution in [0.3, 0.4) is 0 Å². The van der Waals surface area contributed by atoms with E-state index in [0.29, 0.717) is 12.6 Å². The second-order valence-corrected chi connectivity index (χ2v) is 9.04. The van der Waals surface area contributed by atoms with E-state index in [1.807, 2.05) is 30.0 Å². The first-order chi connectivity index (χ1) is 13.3. The second-order valence-electron chi connectivity index (χ2n) is 7.64. The van der Waals surface area contributed by atoms with Gasteiger partial charge in [0, 0.05) is 31.1 Å². The summed E-state index contributed by atoms with van der Waals surface area (Å²) in [6.45, 7) is 8.49. The summed E-state index contributed by atoms with van der Waals surface area (Å²) in [5.41, 5.74) is 0.923. The number of aromatic nitrogens is 1. The number of likely N-dealkylation sites (tertiary alicyclic amines) is 2. The zero-order valence-corrected chi connectivity index (χ0v) is 17.4. The maximum atomic E-state index is 12.6. The zero-order valence-electron chi connectivity index (χ0n) is 16.6. The number of rotatable bonds is 8. The van der Waals surface area contributed by atoms with Gasteiger partial charge in [-0.15, -0.1) is 0 Å². The molecule has 0 bridgehead atoms. The summed E-state index contributed by atoms with van der Waals surface area (Å²) in [6.07, 6.45) is 6.42. The standard InChI is InChI=1S/C21H34N4OS/c1-2-27-15-14-24-12-8-20(9-13-24)25-11-5-6-18(17-25)21(26)23-16-19-7-3-4-10-22-19/h3-4,7,10,18,20H,2,5-6,8-9,11-17H2,1H3,(H,23,26). The highest BCUT2D eigenvalue weighted by Crippen LogP contribution is 2.24. The summed E-state index contributed by atoms with van der Waals surface area (Å²) in [5.74, 6) is 2.79. The van der Waals surface area contributed by atoms with Crippen LogP contribution in [-0.4, -0.2) is 71.0 Å². The Hall–Kier alpha value is -1.11. The van der Waals surface area contributed by atoms with Crippen molar-refractivity contribution in [2.24, 2.45) is 5.92 Å². The fourth-order valence-electron chi connectivity index (χ4n) is 4.22. The Morgan fingerprint density at radius 2 is 2.11 bits per heavy atom. The SMILES string of the molecule is CCSCCN1CCC(N2CCCC(C(=O)NCc3ccccn3)C2)CC1. The van der Waals surface area contributed by atoms with Crippen LogP contribution in [-0.2, 0) is 11.3 Å². The third-order valence-electron chi connectivity index (χ3n) is 5.82. The highest BCUT2D eigenvalue weighted by Gasteiger charge is 2.31. The van der Waals surface area contributed by atoms with Gasteiger partial charge in [-0.25, -0.2) is 0 Å². The van der Waals surface area contributed by atoms with Crippen LogP contribution in [0.5, 0.6) is 0 Å². The molecule has 1 amide bonds. The lowest BCUT2D eigenvalue weighted by Crippen LogP contribution is -2.51. The van der Waals surface area contributed by atoms with Gasteiger partial charge in [-0.05, 0) is 63.2 Å². The lowest BCUT2D eigenvalue weighted by Gasteiger charge is -2.42. The van der Waals surface area contributed by atoms with Gasteiger partial charge in [-0.1, -0.05) is 13.0 Å². The second kappa shape index (κ2) is 11.0. The van der Waals surface area contributed by atoms with Crippen molar-refractivity contribution >= 4 is 17.7 Å². The molecule has 1 N–H and O–H groups in total. The van der Waals surface area contributed by atoms with Crippen LogP contribution in [0.2, 0.25) is 0 Å². The molecular weight excluding hydrogens is 356 g/mol. The molecular formula is C21H34N4OS. The Morgan fingerprint density at radius 3 is 2.85 bits per heavy atom. The van der Waals surface area contributed by atoms with Crippen molar-refractivity contribution in [3.05, 3.63) is 30.1 Å². The predicted octanol–water partition coefficient (Wildman–Crippen LogP) is 2.63. The number of carbonyl (C=O) groups excluding carboxylic acids is 1. The molecule has 3 rings (SSSR count). The smallest absolute Gasteiger partial charge is 0.224 e. The molecule has 0 radical (unpaired) electrons. The van der Waals surface area contributed by atoms with Crippen LogP contribution < -0.4 is 5.32 Å². The molecule has 27 heavy (non-hydrogen) atoms. The van der Waals surface area contributed by atoms with Crippen molar-refractivity contribution in [1.29, 1.82) is 0 Å². The van der Waals surface area contributed by atoms with Gasteiger partial charge in [0.1, 0.15) is 0 Å². The maximum absolute atomic E-state index is 12.6. The third kappa shape index (κ3) is 6.47. The Kier molecular flexibility index (Phi) is 8.42. The summed E-state index contributed by atoms with van der Waals surface area (Å²) in [5, 5.41) is 3.09. The summed E-state index contributed by atoms with van der Waals surface area (Å²) in [4.78, 5) is 22.1. The van der Waals surface area contributed by atoms with E-state index in [0.717, 1.165) is 31.6 Å². The Labute approximate surface area is 168 Å². The molecule has 1 aromatic rings. The van der Waals surface area contributed by atoms with Crippen molar-refractivity contribution in [3.63, 3.8) is 0 Å². The molecule has 0 aliphatic carbocycles. The molecule has 2 aliphatic rings. The third-order valence-corrected chi connectivity index (χ3v) is 6.70. The summed E-state index contributed by atoms with van der Waals surface area (Å²) < 4.78 is 0. The van der Waals surface area contributed by atoms with Crippen LogP contribution >= 0.6 is 11.8 Å². The van der Waals surface area contributed by atoms with E-state index in [2.05, 4.69) is 27.0 Å². The number of piperidine rings is 2. The number of pyridine rings is 1. The molecule has 0 aromatic carbocycles. The van der Waals surface area contributed by atoms with Gasteiger partial charge in [0.25, 0.3) is 0 Å². The first-order valence-corrected chi connectivity index (χ1v) is 11.6. The molecule has 150 valence electrons. The quantitative estimate of drug-likeness (QED) is 0.692. The van der Waals surface area contributed by atoms with E-state index in [-0.39, 0.29) is 11.8 Å². The fraction of sp³-hybridized carbons (Fsp3) is 0.714. The van der Waals surface area contributed by atoms with E-state index in [4.69, 9.17) is 0 Å². The van der Waals surface area contributed by atoms with Crippen molar-refractivity contribution in [2.75, 3.05) is 44.2 Å². The maximum Gasteiger partial charge on any atom is 0.224 e. The number of nitrogens with zero attached hydrogens (tertiary/aromatic N) is 3. The Bertz CT molecular complexity index is 563. The number of nitrogens with one attached hydrogen (secondary N) is 1. The predicted molar refractivity (Wildman–Crippen MR) is 113 cm³/mol. The van der Waals surface area contributed by atoms with Crippen LogP contribution in [0.4, 0.5) is 0 Å². The van der Waals surface area contributed by atoms with Gasteiger partial charge in [0.15, 0.2) is 0 Å². The number of carbonyl (C=O) groups is 1. The Balaban J connectivity index is 1.40. The number of hydrogen-bond acceptors (Lipinski definition) is 5. The van der Waals surface area contributed by atoms with Crippen LogP contribution in [0.1, 0.15) is 38.3 Å². The highest BCUT2D eigenvalue weighted by molar-refractivity contribution is 7.99. The Morgan fingerprint density at radius 1 is 1.26 bits per heavy atom. The zero-order chi connectivity index (χ0) is 18.9. The largest absolute Gasteiger partial charge is 0.350 e. The summed E-state index contributed by atoms with van der Waals surface area (Å²) >= 11 is 2.04. The molecule has 6 heteroatoms. The van der Waals surface area contributed by atoms with Gasteiger partial charge >= 0.3 is 0 Å². The first-order valence-electron chi connectivity index (χ1n) is 10.5. The molecule has 2 saturated heterocycles. The van der Waals surface area contributed by atoms with Gasteiger partial charge < -0.3 is 10.2 Å². The van der Waals surface area contributed by atoms with Crippen molar-refractivity contribution in [2.45, 2.75) is 45.2 Å². The van der Waals surface area contributed by atoms with E-state index >= 15 is 0 Å². The molecule has 1 unspecified atom stereocenters. The van der Waals surface area contributed by atoms with Crippen LogP contribution in [0.15, 0.2) is 24.4 Å². The van der Waals surface area contributed by atoms with E-state index in [9.17, 15) is 4.79 Å². The van der Waals surface area contributed by atoms with Crippen LogP contribution in [0, 0.1) is 5.92 Å². The van der Waals surface area contributed by atoms with Crippen molar-refractivity contribution < 1.29 is 4.79 Å². The average Bonchev–Trinajstić information content (AvgIpc) is 2.73. The lowest BCUT2D eigenvalue weighted by atomic mass is 9.93. The minimum Gasteiger partial charge on any atom is -0.350 e. The molecule has 0 saturated carbocycles. The first kappa shape index (κ1) is 20.6. The lowest BCUT2D eigenvalue weighted by molar-refractivity contribution is -0.127. The van der Waals surface area contributed by atoms with Gasteiger partial charge in [0.05, 0.1) is 18.2 Å². The van der Waals surface area contributed by atoms with E-state index in [1.54, 1.807) is 6.20 Å². The molecule has 0 spiro atoms. The van der Waals surface area contributed by atoms with Crippen molar-refractivity contribution in [1.82, 2.24) is 20.1 Å².